The smallest absolute Gasteiger partial charge is 0.223 e. The number of nitrogens with two attached hydrogens (primary N) is 1. The molecule has 0 amide bonds. The molecule has 2 aromatic rings. The molecule has 1 heterocycles. The zero-order chi connectivity index (χ0) is 12.5. The second kappa shape index (κ2) is 4.66. The van der Waals surface area contributed by atoms with E-state index in [0.29, 0.717) is 19.0 Å². The van der Waals surface area contributed by atoms with Gasteiger partial charge in [-0.1, -0.05) is 22.0 Å². The van der Waals surface area contributed by atoms with Gasteiger partial charge in [-0.2, -0.15) is 0 Å². The van der Waals surface area contributed by atoms with Gasteiger partial charge in [0.2, 0.25) is 5.95 Å². The van der Waals surface area contributed by atoms with Gasteiger partial charge in [0, 0.05) is 41.3 Å². The summed E-state index contributed by atoms with van der Waals surface area (Å²) in [5.74, 6) is 0.648. The van der Waals surface area contributed by atoms with Crippen molar-refractivity contribution < 1.29 is 0 Å². The number of rotatable bonds is 3. The molecule has 1 aromatic heterocycles. The predicted molar refractivity (Wildman–Crippen MR) is 75.5 cm³/mol. The van der Waals surface area contributed by atoms with Gasteiger partial charge in [-0.05, 0) is 17.7 Å². The molecule has 0 bridgehead atoms. The van der Waals surface area contributed by atoms with E-state index in [1.807, 2.05) is 12.3 Å². The molecular weight excluding hydrogens is 292 g/mol. The first-order valence-corrected chi connectivity index (χ1v) is 6.66. The first-order valence-electron chi connectivity index (χ1n) is 5.86. The van der Waals surface area contributed by atoms with E-state index < -0.39 is 0 Å². The van der Waals surface area contributed by atoms with Crippen LogP contribution in [0.4, 0.5) is 5.95 Å². The number of hydrogen-bond donors (Lipinski definition) is 2. The van der Waals surface area contributed by atoms with Gasteiger partial charge >= 0.3 is 0 Å². The Labute approximate surface area is 114 Å². The highest BCUT2D eigenvalue weighted by Crippen LogP contribution is 2.36. The van der Waals surface area contributed by atoms with E-state index in [4.69, 9.17) is 5.73 Å². The summed E-state index contributed by atoms with van der Waals surface area (Å²) in [6, 6.07) is 6.29. The minimum absolute atomic E-state index is 0.573. The van der Waals surface area contributed by atoms with Crippen molar-refractivity contribution in [3.05, 3.63) is 40.0 Å². The second-order valence-electron chi connectivity index (χ2n) is 4.26. The summed E-state index contributed by atoms with van der Waals surface area (Å²) in [7, 11) is 0. The van der Waals surface area contributed by atoms with E-state index in [-0.39, 0.29) is 0 Å². The molecule has 92 valence electrons. The number of benzene rings is 1. The average Bonchev–Trinajstić information content (AvgIpc) is 2.72. The molecule has 0 spiro atoms. The van der Waals surface area contributed by atoms with Crippen LogP contribution in [0.25, 0.3) is 11.3 Å². The van der Waals surface area contributed by atoms with Gasteiger partial charge in [-0.25, -0.2) is 9.97 Å². The van der Waals surface area contributed by atoms with Crippen LogP contribution in [0.1, 0.15) is 11.1 Å². The Kier molecular flexibility index (Phi) is 3.01. The Morgan fingerprint density at radius 3 is 3.06 bits per heavy atom. The zero-order valence-electron chi connectivity index (χ0n) is 9.78. The van der Waals surface area contributed by atoms with Crippen LogP contribution >= 0.6 is 15.9 Å². The molecule has 4 nitrogen and oxygen atoms in total. The molecule has 5 heteroatoms. The summed E-state index contributed by atoms with van der Waals surface area (Å²) in [6.07, 6.45) is 2.80. The normalized spacial score (nSPS) is 12.1. The fraction of sp³-hybridized carbons (Fsp3) is 0.231. The maximum Gasteiger partial charge on any atom is 0.223 e. The molecule has 0 saturated heterocycles. The van der Waals surface area contributed by atoms with Gasteiger partial charge in [0.25, 0.3) is 0 Å². The highest BCUT2D eigenvalue weighted by molar-refractivity contribution is 9.10. The zero-order valence-corrected chi connectivity index (χ0v) is 11.4. The molecule has 18 heavy (non-hydrogen) atoms. The van der Waals surface area contributed by atoms with Crippen molar-refractivity contribution in [1.82, 2.24) is 9.97 Å². The van der Waals surface area contributed by atoms with Crippen molar-refractivity contribution in [2.75, 3.05) is 18.4 Å². The third-order valence-corrected chi connectivity index (χ3v) is 3.49. The van der Waals surface area contributed by atoms with Gasteiger partial charge in [0.05, 0.1) is 5.69 Å². The van der Waals surface area contributed by atoms with Gasteiger partial charge in [-0.15, -0.1) is 0 Å². The number of nitrogens with one attached hydrogen (secondary N) is 1. The van der Waals surface area contributed by atoms with Crippen LogP contribution in [0, 0.1) is 0 Å². The maximum atomic E-state index is 5.46. The van der Waals surface area contributed by atoms with Crippen LogP contribution in [0.15, 0.2) is 28.9 Å². The van der Waals surface area contributed by atoms with Gasteiger partial charge in [-0.3, -0.25) is 0 Å². The number of hydrogen-bond acceptors (Lipinski definition) is 4. The SMILES string of the molecule is NCCNc1ncc2c(n1)-c1ccc(Br)cc1C2. The van der Waals surface area contributed by atoms with Crippen LogP contribution in [-0.2, 0) is 6.42 Å². The largest absolute Gasteiger partial charge is 0.353 e. The first kappa shape index (κ1) is 11.6. The van der Waals surface area contributed by atoms with Crippen LogP contribution in [-0.4, -0.2) is 23.1 Å². The lowest BCUT2D eigenvalue weighted by molar-refractivity contribution is 0.986. The van der Waals surface area contributed by atoms with Crippen LogP contribution in [0.5, 0.6) is 0 Å². The van der Waals surface area contributed by atoms with E-state index in [1.54, 1.807) is 0 Å². The maximum absolute atomic E-state index is 5.46. The van der Waals surface area contributed by atoms with Crippen molar-refractivity contribution in [3.63, 3.8) is 0 Å². The molecule has 0 fully saturated rings. The van der Waals surface area contributed by atoms with E-state index in [0.717, 1.165) is 16.6 Å². The monoisotopic (exact) mass is 304 g/mol. The third kappa shape index (κ3) is 2.00. The summed E-state index contributed by atoms with van der Waals surface area (Å²) >= 11 is 3.50. The Hall–Kier alpha value is -1.46. The molecule has 3 N–H and O–H groups in total. The summed E-state index contributed by atoms with van der Waals surface area (Å²) in [6.45, 7) is 1.26. The Bertz CT molecular complexity index is 598. The lowest BCUT2D eigenvalue weighted by Gasteiger charge is -2.05. The minimum Gasteiger partial charge on any atom is -0.353 e. The molecular formula is C13H13BrN4. The van der Waals surface area contributed by atoms with Crippen LogP contribution < -0.4 is 11.1 Å². The van der Waals surface area contributed by atoms with E-state index in [1.165, 1.54) is 16.7 Å². The Morgan fingerprint density at radius 1 is 1.33 bits per heavy atom. The number of halogens is 1. The van der Waals surface area contributed by atoms with Gasteiger partial charge < -0.3 is 11.1 Å². The summed E-state index contributed by atoms with van der Waals surface area (Å²) in [5.41, 5.74) is 10.2. The minimum atomic E-state index is 0.573. The van der Waals surface area contributed by atoms with E-state index in [9.17, 15) is 0 Å². The Morgan fingerprint density at radius 2 is 2.22 bits per heavy atom. The van der Waals surface area contributed by atoms with Crippen molar-refractivity contribution in [2.45, 2.75) is 6.42 Å². The van der Waals surface area contributed by atoms with Crippen LogP contribution in [0.2, 0.25) is 0 Å². The summed E-state index contributed by atoms with van der Waals surface area (Å²) in [4.78, 5) is 8.87. The van der Waals surface area contributed by atoms with Crippen molar-refractivity contribution in [3.8, 4) is 11.3 Å². The number of aromatic nitrogens is 2. The Balaban J connectivity index is 2.00. The predicted octanol–water partition coefficient (Wildman–Crippen LogP) is 2.18. The van der Waals surface area contributed by atoms with Crippen molar-refractivity contribution in [2.24, 2.45) is 5.73 Å². The van der Waals surface area contributed by atoms with Crippen molar-refractivity contribution in [1.29, 1.82) is 0 Å². The highest BCUT2D eigenvalue weighted by Gasteiger charge is 2.20. The molecule has 0 saturated carbocycles. The van der Waals surface area contributed by atoms with E-state index >= 15 is 0 Å². The summed E-state index contributed by atoms with van der Waals surface area (Å²) in [5, 5.41) is 3.11. The lowest BCUT2D eigenvalue weighted by atomic mass is 10.1. The first-order chi connectivity index (χ1) is 8.78. The average molecular weight is 305 g/mol. The lowest BCUT2D eigenvalue weighted by Crippen LogP contribution is -2.15. The molecule has 1 aromatic carbocycles. The van der Waals surface area contributed by atoms with Gasteiger partial charge in [0.1, 0.15) is 0 Å². The molecule has 1 aliphatic carbocycles. The van der Waals surface area contributed by atoms with Crippen molar-refractivity contribution >= 4 is 21.9 Å². The second-order valence-corrected chi connectivity index (χ2v) is 5.18. The standard InChI is InChI=1S/C13H13BrN4/c14-10-1-2-11-8(6-10)5-9-7-17-13(16-4-3-15)18-12(9)11/h1-2,6-7H,3-5,15H2,(H,16,17,18). The molecule has 3 rings (SSSR count). The van der Waals surface area contributed by atoms with E-state index in [2.05, 4.69) is 43.3 Å². The fourth-order valence-corrected chi connectivity index (χ4v) is 2.59. The third-order valence-electron chi connectivity index (χ3n) is 3.00. The van der Waals surface area contributed by atoms with Gasteiger partial charge in [0.15, 0.2) is 0 Å². The topological polar surface area (TPSA) is 63.8 Å². The fourth-order valence-electron chi connectivity index (χ4n) is 2.18. The highest BCUT2D eigenvalue weighted by atomic mass is 79.9. The quantitative estimate of drug-likeness (QED) is 0.778. The number of fused-ring (bicyclic) bond motifs is 3. The molecule has 0 aliphatic heterocycles. The molecule has 0 radical (unpaired) electrons. The molecule has 1 aliphatic rings. The summed E-state index contributed by atoms with van der Waals surface area (Å²) < 4.78 is 1.10. The number of anilines is 1. The molecule has 0 unspecified atom stereocenters. The molecule has 0 atom stereocenters. The number of nitrogens with zero attached hydrogens (tertiary/aromatic N) is 2. The van der Waals surface area contributed by atoms with Crippen LogP contribution in [0.3, 0.4) is 0 Å².